The Balaban J connectivity index is 1.78. The van der Waals surface area contributed by atoms with Gasteiger partial charge < -0.3 is 10.6 Å². The van der Waals surface area contributed by atoms with E-state index in [1.54, 1.807) is 0 Å². The molecule has 2 heteroatoms. The maximum Gasteiger partial charge on any atom is 0.0398 e. The molecule has 0 spiro atoms. The summed E-state index contributed by atoms with van der Waals surface area (Å²) in [6.45, 7) is 6.99. The molecule has 110 valence electrons. The van der Waals surface area contributed by atoms with Crippen LogP contribution in [-0.4, -0.2) is 19.1 Å². The number of rotatable bonds is 2. The van der Waals surface area contributed by atoms with Gasteiger partial charge in [0, 0.05) is 24.8 Å². The largest absolute Gasteiger partial charge is 0.371 e. The van der Waals surface area contributed by atoms with E-state index in [0.717, 1.165) is 6.54 Å². The predicted octanol–water partition coefficient (Wildman–Crippen LogP) is 3.59. The summed E-state index contributed by atoms with van der Waals surface area (Å²) < 4.78 is 0. The number of nitrogens with two attached hydrogens (primary N) is 1. The summed E-state index contributed by atoms with van der Waals surface area (Å²) in [5, 5.41) is 0. The highest BCUT2D eigenvalue weighted by Gasteiger charge is 2.40. The molecular formula is C18H28N2. The minimum atomic E-state index is 0.316. The Morgan fingerprint density at radius 3 is 2.80 bits per heavy atom. The number of anilines is 1. The minimum Gasteiger partial charge on any atom is -0.371 e. The number of aryl methyl sites for hydroxylation is 1. The van der Waals surface area contributed by atoms with E-state index in [1.807, 2.05) is 0 Å². The molecule has 20 heavy (non-hydrogen) atoms. The van der Waals surface area contributed by atoms with Gasteiger partial charge in [0.25, 0.3) is 0 Å². The fraction of sp³-hybridized carbons (Fsp3) is 0.667. The summed E-state index contributed by atoms with van der Waals surface area (Å²) in [6, 6.07) is 9.29. The van der Waals surface area contributed by atoms with Gasteiger partial charge in [-0.3, -0.25) is 0 Å². The molecule has 1 aliphatic heterocycles. The molecule has 2 unspecified atom stereocenters. The number of fused-ring (bicyclic) bond motifs is 1. The van der Waals surface area contributed by atoms with Gasteiger partial charge in [0.15, 0.2) is 0 Å². The van der Waals surface area contributed by atoms with Crippen molar-refractivity contribution in [1.82, 2.24) is 0 Å². The van der Waals surface area contributed by atoms with Gasteiger partial charge in [-0.2, -0.15) is 0 Å². The fourth-order valence-electron chi connectivity index (χ4n) is 3.99. The van der Waals surface area contributed by atoms with Crippen LogP contribution in [0.1, 0.15) is 45.1 Å². The highest BCUT2D eigenvalue weighted by atomic mass is 15.1. The summed E-state index contributed by atoms with van der Waals surface area (Å²) >= 11 is 0. The standard InChI is InChI=1S/C18H28N2/c1-18(2)11-10-15(17(18)19)13-20-12-6-5-8-14-7-3-4-9-16(14)20/h3-4,7,9,15,17H,5-6,8,10-13,19H2,1-2H3. The Morgan fingerprint density at radius 1 is 1.25 bits per heavy atom. The lowest BCUT2D eigenvalue weighted by Crippen LogP contribution is -2.42. The zero-order valence-corrected chi connectivity index (χ0v) is 12.9. The van der Waals surface area contributed by atoms with Gasteiger partial charge in [0.05, 0.1) is 0 Å². The zero-order valence-electron chi connectivity index (χ0n) is 12.9. The number of benzene rings is 1. The lowest BCUT2D eigenvalue weighted by Gasteiger charge is -2.32. The number of nitrogens with zero attached hydrogens (tertiary/aromatic N) is 1. The Hall–Kier alpha value is -1.02. The van der Waals surface area contributed by atoms with Crippen molar-refractivity contribution >= 4 is 5.69 Å². The van der Waals surface area contributed by atoms with Gasteiger partial charge >= 0.3 is 0 Å². The molecule has 0 bridgehead atoms. The van der Waals surface area contributed by atoms with Crippen LogP contribution in [0.25, 0.3) is 0 Å². The molecule has 1 aliphatic carbocycles. The van der Waals surface area contributed by atoms with Crippen molar-refractivity contribution in [1.29, 1.82) is 0 Å². The second-order valence-electron chi connectivity index (χ2n) is 7.34. The summed E-state index contributed by atoms with van der Waals surface area (Å²) in [4.78, 5) is 2.61. The first-order valence-corrected chi connectivity index (χ1v) is 8.16. The molecule has 2 aliphatic rings. The van der Waals surface area contributed by atoms with E-state index in [0.29, 0.717) is 17.4 Å². The van der Waals surface area contributed by atoms with Crippen LogP contribution in [0.2, 0.25) is 0 Å². The average molecular weight is 272 g/mol. The van der Waals surface area contributed by atoms with Crippen molar-refractivity contribution in [3.63, 3.8) is 0 Å². The monoisotopic (exact) mass is 272 g/mol. The molecule has 0 saturated heterocycles. The maximum atomic E-state index is 6.51. The van der Waals surface area contributed by atoms with Crippen molar-refractivity contribution in [2.75, 3.05) is 18.0 Å². The lowest BCUT2D eigenvalue weighted by atomic mass is 9.85. The third kappa shape index (κ3) is 2.58. The van der Waals surface area contributed by atoms with E-state index in [4.69, 9.17) is 5.73 Å². The van der Waals surface area contributed by atoms with Gasteiger partial charge in [-0.15, -0.1) is 0 Å². The van der Waals surface area contributed by atoms with Crippen LogP contribution >= 0.6 is 0 Å². The molecule has 0 radical (unpaired) electrons. The molecular weight excluding hydrogens is 244 g/mol. The lowest BCUT2D eigenvalue weighted by molar-refractivity contribution is 0.300. The third-order valence-electron chi connectivity index (χ3n) is 5.48. The number of hydrogen-bond donors (Lipinski definition) is 1. The van der Waals surface area contributed by atoms with Crippen molar-refractivity contribution in [3.8, 4) is 0 Å². The van der Waals surface area contributed by atoms with Gasteiger partial charge in [0.2, 0.25) is 0 Å². The number of hydrogen-bond acceptors (Lipinski definition) is 2. The van der Waals surface area contributed by atoms with E-state index < -0.39 is 0 Å². The Bertz CT molecular complexity index is 466. The van der Waals surface area contributed by atoms with Crippen LogP contribution in [0.5, 0.6) is 0 Å². The smallest absolute Gasteiger partial charge is 0.0398 e. The Labute approximate surface area is 123 Å². The van der Waals surface area contributed by atoms with Gasteiger partial charge in [-0.1, -0.05) is 32.0 Å². The first kappa shape index (κ1) is 13.9. The van der Waals surface area contributed by atoms with Crippen LogP contribution < -0.4 is 10.6 Å². The molecule has 1 aromatic carbocycles. The summed E-state index contributed by atoms with van der Waals surface area (Å²) in [5.41, 5.74) is 9.81. The van der Waals surface area contributed by atoms with E-state index in [-0.39, 0.29) is 0 Å². The highest BCUT2D eigenvalue weighted by molar-refractivity contribution is 5.54. The molecule has 0 aromatic heterocycles. The Morgan fingerprint density at radius 2 is 2.05 bits per heavy atom. The van der Waals surface area contributed by atoms with Gasteiger partial charge in [-0.05, 0) is 55.1 Å². The topological polar surface area (TPSA) is 29.3 Å². The zero-order chi connectivity index (χ0) is 14.2. The molecule has 1 saturated carbocycles. The maximum absolute atomic E-state index is 6.51. The second-order valence-corrected chi connectivity index (χ2v) is 7.34. The van der Waals surface area contributed by atoms with Crippen molar-refractivity contribution in [3.05, 3.63) is 29.8 Å². The van der Waals surface area contributed by atoms with Crippen molar-refractivity contribution < 1.29 is 0 Å². The van der Waals surface area contributed by atoms with Gasteiger partial charge in [0.1, 0.15) is 0 Å². The number of para-hydroxylation sites is 1. The average Bonchev–Trinajstić information content (AvgIpc) is 2.63. The van der Waals surface area contributed by atoms with Crippen molar-refractivity contribution in [2.24, 2.45) is 17.1 Å². The second kappa shape index (κ2) is 5.40. The van der Waals surface area contributed by atoms with Crippen LogP contribution in [0.15, 0.2) is 24.3 Å². The molecule has 1 fully saturated rings. The predicted molar refractivity (Wildman–Crippen MR) is 86.1 cm³/mol. The molecule has 1 aromatic rings. The molecule has 2 atom stereocenters. The summed E-state index contributed by atoms with van der Waals surface area (Å²) in [7, 11) is 0. The molecule has 2 nitrogen and oxygen atoms in total. The van der Waals surface area contributed by atoms with E-state index in [2.05, 4.69) is 43.0 Å². The van der Waals surface area contributed by atoms with Crippen LogP contribution in [0.3, 0.4) is 0 Å². The SMILES string of the molecule is CC1(C)CCC(CN2CCCCc3ccccc32)C1N. The third-order valence-corrected chi connectivity index (χ3v) is 5.48. The highest BCUT2D eigenvalue weighted by Crippen LogP contribution is 2.41. The quantitative estimate of drug-likeness (QED) is 0.891. The summed E-state index contributed by atoms with van der Waals surface area (Å²) in [6.07, 6.45) is 6.41. The molecule has 3 rings (SSSR count). The van der Waals surface area contributed by atoms with Crippen LogP contribution in [0, 0.1) is 11.3 Å². The van der Waals surface area contributed by atoms with E-state index in [9.17, 15) is 0 Å². The molecule has 1 heterocycles. The minimum absolute atomic E-state index is 0.316. The van der Waals surface area contributed by atoms with Crippen LogP contribution in [-0.2, 0) is 6.42 Å². The van der Waals surface area contributed by atoms with Gasteiger partial charge in [-0.25, -0.2) is 0 Å². The molecule has 2 N–H and O–H groups in total. The summed E-state index contributed by atoms with van der Waals surface area (Å²) in [5.74, 6) is 0.649. The normalized spacial score (nSPS) is 29.1. The fourth-order valence-corrected chi connectivity index (χ4v) is 3.99. The first-order chi connectivity index (χ1) is 9.58. The van der Waals surface area contributed by atoms with Crippen molar-refractivity contribution in [2.45, 2.75) is 52.0 Å². The molecule has 0 amide bonds. The van der Waals surface area contributed by atoms with Crippen LogP contribution in [0.4, 0.5) is 5.69 Å². The van der Waals surface area contributed by atoms with E-state index >= 15 is 0 Å². The Kier molecular flexibility index (Phi) is 3.76. The first-order valence-electron chi connectivity index (χ1n) is 8.16. The van der Waals surface area contributed by atoms with E-state index in [1.165, 1.54) is 49.9 Å².